The first-order valence-electron chi connectivity index (χ1n) is 8.26. The average Bonchev–Trinajstić information content (AvgIpc) is 2.67. The number of carbonyl (C=O) groups is 2. The number of ketones is 2. The fourth-order valence-corrected chi connectivity index (χ4v) is 3.55. The van der Waals surface area contributed by atoms with E-state index in [-0.39, 0.29) is 39.5 Å². The Morgan fingerprint density at radius 3 is 2.27 bits per heavy atom. The molecule has 2 N–H and O–H groups in total. The summed E-state index contributed by atoms with van der Waals surface area (Å²) in [5.41, 5.74) is 0.869. The lowest BCUT2D eigenvalue weighted by molar-refractivity contribution is 0.0972. The molecule has 0 fully saturated rings. The molecular weight excluding hydrogens is 332 g/mol. The number of phenols is 2. The number of hydrogen-bond acceptors (Lipinski definition) is 5. The van der Waals surface area contributed by atoms with Crippen LogP contribution in [0.15, 0.2) is 36.4 Å². The van der Waals surface area contributed by atoms with Crippen molar-refractivity contribution in [2.45, 2.75) is 13.3 Å². The van der Waals surface area contributed by atoms with E-state index in [4.69, 9.17) is 4.74 Å². The van der Waals surface area contributed by atoms with Gasteiger partial charge >= 0.3 is 0 Å². The van der Waals surface area contributed by atoms with Crippen LogP contribution in [0.4, 0.5) is 0 Å². The summed E-state index contributed by atoms with van der Waals surface area (Å²) in [6.45, 7) is 1.97. The van der Waals surface area contributed by atoms with Crippen molar-refractivity contribution in [1.82, 2.24) is 0 Å². The molecule has 0 aromatic heterocycles. The largest absolute Gasteiger partial charge is 0.506 e. The molecule has 26 heavy (non-hydrogen) atoms. The Labute approximate surface area is 149 Å². The molecule has 0 amide bonds. The zero-order valence-corrected chi connectivity index (χ0v) is 14.3. The van der Waals surface area contributed by atoms with Crippen molar-refractivity contribution >= 4 is 22.3 Å². The van der Waals surface area contributed by atoms with E-state index in [9.17, 15) is 19.8 Å². The normalized spacial score (nSPS) is 12.8. The maximum absolute atomic E-state index is 13.1. The van der Waals surface area contributed by atoms with E-state index in [0.717, 1.165) is 12.0 Å². The van der Waals surface area contributed by atoms with Gasteiger partial charge in [0.25, 0.3) is 0 Å². The Morgan fingerprint density at radius 1 is 0.885 bits per heavy atom. The van der Waals surface area contributed by atoms with Crippen LogP contribution in [-0.2, 0) is 6.42 Å². The number of aryl methyl sites for hydroxylation is 1. The van der Waals surface area contributed by atoms with Gasteiger partial charge in [-0.2, -0.15) is 0 Å². The van der Waals surface area contributed by atoms with Crippen LogP contribution in [0.5, 0.6) is 17.2 Å². The number of aromatic hydroxyl groups is 2. The van der Waals surface area contributed by atoms with Gasteiger partial charge in [0.2, 0.25) is 5.78 Å². The number of rotatable bonds is 2. The maximum atomic E-state index is 13.1. The first kappa shape index (κ1) is 16.1. The molecule has 4 rings (SSSR count). The summed E-state index contributed by atoms with van der Waals surface area (Å²) in [5.74, 6) is -1.38. The highest BCUT2D eigenvalue weighted by Gasteiger charge is 2.37. The van der Waals surface area contributed by atoms with Gasteiger partial charge in [0.05, 0.1) is 23.8 Å². The second-order valence-corrected chi connectivity index (χ2v) is 6.22. The molecule has 0 heterocycles. The molecule has 5 nitrogen and oxygen atoms in total. The zero-order chi connectivity index (χ0) is 18.6. The molecule has 0 saturated heterocycles. The Balaban J connectivity index is 2.13. The smallest absolute Gasteiger partial charge is 0.202 e. The van der Waals surface area contributed by atoms with Crippen LogP contribution in [0.25, 0.3) is 10.8 Å². The van der Waals surface area contributed by atoms with Crippen LogP contribution in [-0.4, -0.2) is 28.9 Å². The molecular formula is C21H16O5. The van der Waals surface area contributed by atoms with E-state index in [2.05, 4.69) is 0 Å². The Hall–Kier alpha value is -3.34. The molecule has 3 aromatic rings. The lowest BCUT2D eigenvalue weighted by atomic mass is 9.80. The molecule has 1 aliphatic rings. The van der Waals surface area contributed by atoms with Gasteiger partial charge in [-0.3, -0.25) is 9.59 Å². The highest BCUT2D eigenvalue weighted by molar-refractivity contribution is 6.33. The summed E-state index contributed by atoms with van der Waals surface area (Å²) >= 11 is 0. The Bertz CT molecular complexity index is 1110. The number of methoxy groups -OCH3 is 1. The van der Waals surface area contributed by atoms with Gasteiger partial charge in [-0.25, -0.2) is 0 Å². The average molecular weight is 348 g/mol. The molecule has 0 spiro atoms. The number of carbonyl (C=O) groups excluding carboxylic acids is 2. The Morgan fingerprint density at radius 2 is 1.58 bits per heavy atom. The van der Waals surface area contributed by atoms with E-state index in [1.807, 2.05) is 13.0 Å². The van der Waals surface area contributed by atoms with Gasteiger partial charge in [0, 0.05) is 16.3 Å². The summed E-state index contributed by atoms with van der Waals surface area (Å²) in [6, 6.07) is 9.91. The second kappa shape index (κ2) is 5.59. The fraction of sp³-hybridized carbons (Fsp3) is 0.143. The summed E-state index contributed by atoms with van der Waals surface area (Å²) in [5, 5.41) is 22.2. The third-order valence-corrected chi connectivity index (χ3v) is 4.90. The van der Waals surface area contributed by atoms with E-state index in [0.29, 0.717) is 10.8 Å². The van der Waals surface area contributed by atoms with Crippen molar-refractivity contribution in [2.75, 3.05) is 7.11 Å². The van der Waals surface area contributed by atoms with Gasteiger partial charge < -0.3 is 14.9 Å². The third-order valence-electron chi connectivity index (χ3n) is 4.90. The fourth-order valence-electron chi connectivity index (χ4n) is 3.55. The molecule has 0 atom stereocenters. The van der Waals surface area contributed by atoms with Crippen molar-refractivity contribution in [2.24, 2.45) is 0 Å². The van der Waals surface area contributed by atoms with Gasteiger partial charge in [0.1, 0.15) is 17.2 Å². The van der Waals surface area contributed by atoms with Gasteiger partial charge in [-0.05, 0) is 24.1 Å². The van der Waals surface area contributed by atoms with Crippen LogP contribution < -0.4 is 4.74 Å². The van der Waals surface area contributed by atoms with Crippen LogP contribution >= 0.6 is 0 Å². The first-order chi connectivity index (χ1) is 12.5. The molecule has 0 radical (unpaired) electrons. The lowest BCUT2D eigenvalue weighted by Crippen LogP contribution is -2.22. The molecule has 0 bridgehead atoms. The highest BCUT2D eigenvalue weighted by atomic mass is 16.5. The summed E-state index contributed by atoms with van der Waals surface area (Å²) < 4.78 is 5.22. The molecule has 0 unspecified atom stereocenters. The van der Waals surface area contributed by atoms with Crippen molar-refractivity contribution < 1.29 is 24.5 Å². The number of hydrogen-bond donors (Lipinski definition) is 2. The van der Waals surface area contributed by atoms with E-state index in [1.54, 1.807) is 24.3 Å². The number of phenolic OH excluding ortho intramolecular Hbond substituents is 2. The zero-order valence-electron chi connectivity index (χ0n) is 14.3. The van der Waals surface area contributed by atoms with E-state index >= 15 is 0 Å². The van der Waals surface area contributed by atoms with Crippen molar-refractivity contribution in [3.63, 3.8) is 0 Å². The quantitative estimate of drug-likeness (QED) is 0.541. The predicted molar refractivity (Wildman–Crippen MR) is 96.5 cm³/mol. The third kappa shape index (κ3) is 1.97. The van der Waals surface area contributed by atoms with Crippen LogP contribution in [0.3, 0.4) is 0 Å². The second-order valence-electron chi connectivity index (χ2n) is 6.22. The standard InChI is InChI=1S/C21H16O5/c1-3-10-7-8-11-13(9-10)20(24)16-17(18(11)22)21(25)15-12(19(16)23)5-4-6-14(15)26-2/h4-9,22,24H,3H2,1-2H3. The molecule has 130 valence electrons. The van der Waals surface area contributed by atoms with Crippen molar-refractivity contribution in [1.29, 1.82) is 0 Å². The minimum absolute atomic E-state index is 0.103. The number of ether oxygens (including phenoxy) is 1. The highest BCUT2D eigenvalue weighted by Crippen LogP contribution is 2.45. The minimum Gasteiger partial charge on any atom is -0.506 e. The van der Waals surface area contributed by atoms with Gasteiger partial charge in [-0.15, -0.1) is 0 Å². The van der Waals surface area contributed by atoms with Crippen molar-refractivity contribution in [3.8, 4) is 17.2 Å². The molecule has 0 saturated carbocycles. The predicted octanol–water partition coefficient (Wildman–Crippen LogP) is 3.60. The number of benzene rings is 3. The molecule has 1 aliphatic carbocycles. The SMILES string of the molecule is CCc1ccc2c(O)c3c(c(O)c2c1)C(=O)c1cccc(OC)c1C3=O. The van der Waals surface area contributed by atoms with Gasteiger partial charge in [0.15, 0.2) is 5.78 Å². The topological polar surface area (TPSA) is 83.8 Å². The maximum Gasteiger partial charge on any atom is 0.202 e. The summed E-state index contributed by atoms with van der Waals surface area (Å²) in [7, 11) is 1.41. The molecule has 0 aliphatic heterocycles. The van der Waals surface area contributed by atoms with E-state index in [1.165, 1.54) is 13.2 Å². The summed E-state index contributed by atoms with van der Waals surface area (Å²) in [4.78, 5) is 26.1. The van der Waals surface area contributed by atoms with Gasteiger partial charge in [-0.1, -0.05) is 31.2 Å². The van der Waals surface area contributed by atoms with Crippen molar-refractivity contribution in [3.05, 3.63) is 64.2 Å². The van der Waals surface area contributed by atoms with Crippen LogP contribution in [0.1, 0.15) is 44.3 Å². The van der Waals surface area contributed by atoms with E-state index < -0.39 is 11.6 Å². The Kier molecular flexibility index (Phi) is 3.47. The molecule has 5 heteroatoms. The molecule has 3 aromatic carbocycles. The van der Waals surface area contributed by atoms with Crippen LogP contribution in [0.2, 0.25) is 0 Å². The minimum atomic E-state index is -0.540. The summed E-state index contributed by atoms with van der Waals surface area (Å²) in [6.07, 6.45) is 0.736. The monoisotopic (exact) mass is 348 g/mol. The number of fused-ring (bicyclic) bond motifs is 3. The lowest BCUT2D eigenvalue weighted by Gasteiger charge is -2.22. The van der Waals surface area contributed by atoms with Crippen LogP contribution in [0, 0.1) is 0 Å². The first-order valence-corrected chi connectivity index (χ1v) is 8.26.